The number of carbonyl (C=O) groups is 3. The highest BCUT2D eigenvalue weighted by atomic mass is 16.6. The van der Waals surface area contributed by atoms with Crippen molar-refractivity contribution in [2.45, 2.75) is 107 Å². The summed E-state index contributed by atoms with van der Waals surface area (Å²) in [6, 6.07) is 15.5. The molecule has 3 heterocycles. The molecule has 3 aromatic carbocycles. The van der Waals surface area contributed by atoms with Gasteiger partial charge in [0.1, 0.15) is 34.7 Å². The largest absolute Gasteiger partial charge is 0.508 e. The number of esters is 2. The Balaban J connectivity index is 1.36. The highest BCUT2D eigenvalue weighted by Gasteiger charge is 2.59. The molecular weight excluding hydrogens is 712 g/mol. The maximum absolute atomic E-state index is 14.9. The van der Waals surface area contributed by atoms with Crippen LogP contribution in [0.4, 0.5) is 0 Å². The third-order valence-electron chi connectivity index (χ3n) is 13.1. The fraction of sp³-hybridized carbons (Fsp3) is 0.457. The van der Waals surface area contributed by atoms with Gasteiger partial charge in [-0.25, -0.2) is 4.79 Å². The number of phenols is 2. The lowest BCUT2D eigenvalue weighted by Crippen LogP contribution is -2.63. The molecule has 0 radical (unpaired) electrons. The molecule has 2 saturated carbocycles. The molecule has 2 aliphatic carbocycles. The first-order valence-electron chi connectivity index (χ1n) is 19.9. The molecule has 8 rings (SSSR count). The van der Waals surface area contributed by atoms with Gasteiger partial charge in [-0.2, -0.15) is 0 Å². The number of aliphatic hydroxyl groups is 3. The second-order valence-corrected chi connectivity index (χ2v) is 16.4. The summed E-state index contributed by atoms with van der Waals surface area (Å²) in [5, 5.41) is 57.2. The van der Waals surface area contributed by atoms with Crippen molar-refractivity contribution in [3.63, 3.8) is 0 Å². The van der Waals surface area contributed by atoms with Crippen LogP contribution in [-0.4, -0.2) is 61.1 Å². The first-order valence-corrected chi connectivity index (χ1v) is 19.9. The molecule has 3 aliphatic heterocycles. The minimum absolute atomic E-state index is 0.0692. The van der Waals surface area contributed by atoms with Gasteiger partial charge in [-0.1, -0.05) is 55.5 Å². The lowest BCUT2D eigenvalue weighted by Gasteiger charge is -2.56. The van der Waals surface area contributed by atoms with Crippen LogP contribution in [0, 0.1) is 35.5 Å². The van der Waals surface area contributed by atoms with Crippen molar-refractivity contribution in [2.24, 2.45) is 23.7 Å². The van der Waals surface area contributed by atoms with Crippen LogP contribution in [0.2, 0.25) is 0 Å². The van der Waals surface area contributed by atoms with Crippen molar-refractivity contribution < 1.29 is 49.4 Å². The summed E-state index contributed by atoms with van der Waals surface area (Å²) < 4.78 is 12.1. The van der Waals surface area contributed by atoms with Crippen molar-refractivity contribution in [1.29, 1.82) is 0 Å². The van der Waals surface area contributed by atoms with E-state index in [1.54, 1.807) is 12.1 Å². The summed E-state index contributed by atoms with van der Waals surface area (Å²) >= 11 is 0. The van der Waals surface area contributed by atoms with Crippen LogP contribution in [-0.2, 0) is 45.0 Å². The number of ketones is 1. The third kappa shape index (κ3) is 7.13. The van der Waals surface area contributed by atoms with E-state index in [1.165, 1.54) is 24.3 Å². The van der Waals surface area contributed by atoms with E-state index in [4.69, 9.17) is 9.47 Å². The van der Waals surface area contributed by atoms with Crippen LogP contribution in [0.3, 0.4) is 0 Å². The van der Waals surface area contributed by atoms with E-state index in [1.807, 2.05) is 31.2 Å². The van der Waals surface area contributed by atoms with E-state index >= 15 is 0 Å². The zero-order valence-corrected chi connectivity index (χ0v) is 31.4. The Morgan fingerprint density at radius 2 is 1.66 bits per heavy atom. The zero-order valence-electron chi connectivity index (χ0n) is 31.4. The number of ether oxygens (including phenoxy) is 2. The zero-order chi connectivity index (χ0) is 39.3. The Hall–Kier alpha value is -4.95. The van der Waals surface area contributed by atoms with Crippen LogP contribution in [0.5, 0.6) is 17.2 Å². The maximum Gasteiger partial charge on any atom is 0.334 e. The molecule has 0 spiro atoms. The Labute approximate surface area is 326 Å². The van der Waals surface area contributed by atoms with Crippen LogP contribution >= 0.6 is 0 Å². The Morgan fingerprint density at radius 1 is 0.875 bits per heavy atom. The third-order valence-corrected chi connectivity index (χ3v) is 13.1. The predicted octanol–water partition coefficient (Wildman–Crippen LogP) is 5.48. The molecule has 0 saturated heterocycles. The fourth-order valence-corrected chi connectivity index (χ4v) is 10.4. The first kappa shape index (κ1) is 37.9. The molecule has 10 heteroatoms. The average Bonchev–Trinajstić information content (AvgIpc) is 3.17. The van der Waals surface area contributed by atoms with Gasteiger partial charge in [-0.3, -0.25) is 9.59 Å². The second-order valence-electron chi connectivity index (χ2n) is 16.4. The van der Waals surface area contributed by atoms with E-state index in [2.05, 4.69) is 11.8 Å². The van der Waals surface area contributed by atoms with Gasteiger partial charge < -0.3 is 35.0 Å². The molecule has 0 aromatic heterocycles. The summed E-state index contributed by atoms with van der Waals surface area (Å²) in [6.07, 6.45) is 2.25. The van der Waals surface area contributed by atoms with Gasteiger partial charge in [-0.05, 0) is 102 Å². The summed E-state index contributed by atoms with van der Waals surface area (Å²) in [5.41, 5.74) is 2.18. The number of Topliss-reactive ketones (excluding diaryl/α,β-unsaturated/α-hetero) is 1. The Bertz CT molecular complexity index is 2160. The Morgan fingerprint density at radius 3 is 2.45 bits per heavy atom. The number of hydrogen-bond donors (Lipinski definition) is 5. The summed E-state index contributed by atoms with van der Waals surface area (Å²) in [5.74, 6) is 2.60. The number of fused-ring (bicyclic) bond motifs is 7. The highest BCUT2D eigenvalue weighted by molar-refractivity contribution is 5.89. The number of hydrogen-bond acceptors (Lipinski definition) is 10. The molecule has 5 aliphatic rings. The SMILES string of the molecule is CC[C@H]1CC[C@H]2[C@@H]3Cc4cccc(c4)C[C@H](O)/C=C4/C[C@H](c5cc(O)cc(CO)c5)C#C[C@H]5CC(=O)Oc6cc(O)c(cc65)C[C@@H](OC4=O)[C@@]1(O)[C@@H]2CCC3=O. The lowest BCUT2D eigenvalue weighted by molar-refractivity contribution is -0.212. The van der Waals surface area contributed by atoms with Crippen molar-refractivity contribution in [2.75, 3.05) is 0 Å². The topological polar surface area (TPSA) is 171 Å². The molecule has 0 unspecified atom stereocenters. The van der Waals surface area contributed by atoms with Gasteiger partial charge in [0, 0.05) is 48.3 Å². The van der Waals surface area contributed by atoms with Crippen LogP contribution in [0.25, 0.3) is 0 Å². The number of rotatable bonds is 3. The highest BCUT2D eigenvalue weighted by Crippen LogP contribution is 2.54. The Kier molecular flexibility index (Phi) is 10.3. The van der Waals surface area contributed by atoms with Crippen molar-refractivity contribution in [3.05, 3.63) is 99.6 Å². The molecule has 0 amide bonds. The summed E-state index contributed by atoms with van der Waals surface area (Å²) in [7, 11) is 0. The van der Waals surface area contributed by atoms with Crippen molar-refractivity contribution >= 4 is 17.7 Å². The molecule has 56 heavy (non-hydrogen) atoms. The number of benzene rings is 3. The van der Waals surface area contributed by atoms with E-state index in [0.29, 0.717) is 47.9 Å². The molecule has 3 aromatic rings. The molecular formula is C46H48O10. The van der Waals surface area contributed by atoms with Crippen LogP contribution in [0.15, 0.2) is 66.2 Å². The quantitative estimate of drug-likeness (QED) is 0.131. The first-order chi connectivity index (χ1) is 26.9. The van der Waals surface area contributed by atoms with E-state index in [-0.39, 0.29) is 85.1 Å². The standard InChI is InChI=1S/C46H48O10/c1-2-33-8-9-36-38-16-26-5-3-4-25(12-26)14-34(48)19-32-17-28(30-13-27(24-47)15-35(49)18-30)6-7-29-22-44(52)55-42-23-41(51)31(20-37(29)42)21-43(56-45(32)53)46(33,54)39(36)10-11-40(38)50/h3-5,12-13,15,18-20,23,28-29,33-34,36,38-39,43,47-49,51,54H,2,8-11,14,16-17,21-22,24H2,1H3/b32-19-/t28-,29+,33+,34+,36+,38+,39-,43-,46+/m1/s1. The van der Waals surface area contributed by atoms with Gasteiger partial charge in [-0.15, -0.1) is 0 Å². The summed E-state index contributed by atoms with van der Waals surface area (Å²) in [6.45, 7) is 1.65. The van der Waals surface area contributed by atoms with Gasteiger partial charge in [0.25, 0.3) is 0 Å². The smallest absolute Gasteiger partial charge is 0.334 e. The van der Waals surface area contributed by atoms with Gasteiger partial charge in [0.2, 0.25) is 0 Å². The number of aromatic hydroxyl groups is 2. The minimum atomic E-state index is -1.59. The predicted molar refractivity (Wildman–Crippen MR) is 204 cm³/mol. The number of carbonyl (C=O) groups excluding carboxylic acids is 3. The second kappa shape index (κ2) is 15.2. The average molecular weight is 761 g/mol. The van der Waals surface area contributed by atoms with E-state index in [9.17, 15) is 39.9 Å². The summed E-state index contributed by atoms with van der Waals surface area (Å²) in [4.78, 5) is 41.5. The van der Waals surface area contributed by atoms with E-state index < -0.39 is 47.5 Å². The number of aliphatic hydroxyl groups excluding tert-OH is 2. The molecule has 292 valence electrons. The number of phenolic OH excluding ortho intramolecular Hbond substituents is 2. The minimum Gasteiger partial charge on any atom is -0.508 e. The van der Waals surface area contributed by atoms with E-state index in [0.717, 1.165) is 17.5 Å². The van der Waals surface area contributed by atoms with Gasteiger partial charge in [0.05, 0.1) is 25.0 Å². The molecule has 5 N–H and O–H groups in total. The van der Waals surface area contributed by atoms with Crippen molar-refractivity contribution in [3.8, 4) is 29.1 Å². The molecule has 9 atom stereocenters. The van der Waals surface area contributed by atoms with Crippen molar-refractivity contribution in [1.82, 2.24) is 0 Å². The molecule has 10 bridgehead atoms. The molecule has 10 nitrogen and oxygen atoms in total. The normalized spacial score (nSPS) is 32.4. The fourth-order valence-electron chi connectivity index (χ4n) is 10.4. The molecule has 2 fully saturated rings. The monoisotopic (exact) mass is 760 g/mol. The van der Waals surface area contributed by atoms with Gasteiger partial charge in [0.15, 0.2) is 0 Å². The van der Waals surface area contributed by atoms with Gasteiger partial charge >= 0.3 is 11.9 Å². The van der Waals surface area contributed by atoms with Crippen LogP contribution in [0.1, 0.15) is 97.1 Å². The van der Waals surface area contributed by atoms with Crippen LogP contribution < -0.4 is 4.74 Å². The lowest BCUT2D eigenvalue weighted by atomic mass is 9.53. The maximum atomic E-state index is 14.9.